The van der Waals surface area contributed by atoms with Crippen LogP contribution in [0.1, 0.15) is 6.42 Å². The molecule has 9 nitrogen and oxygen atoms in total. The Morgan fingerprint density at radius 2 is 1.86 bits per heavy atom. The molecule has 0 spiro atoms. The van der Waals surface area contributed by atoms with E-state index in [4.69, 9.17) is 4.74 Å². The number of anilines is 1. The van der Waals surface area contributed by atoms with Crippen molar-refractivity contribution in [2.24, 2.45) is 4.99 Å². The summed E-state index contributed by atoms with van der Waals surface area (Å²) < 4.78 is 5.49. The van der Waals surface area contributed by atoms with Crippen LogP contribution in [-0.2, 0) is 4.74 Å². The van der Waals surface area contributed by atoms with Gasteiger partial charge in [0.2, 0.25) is 5.95 Å². The average Bonchev–Trinajstić information content (AvgIpc) is 3.28. The van der Waals surface area contributed by atoms with Gasteiger partial charge in [0.1, 0.15) is 0 Å². The lowest BCUT2D eigenvalue weighted by molar-refractivity contribution is 0.0195. The van der Waals surface area contributed by atoms with Crippen LogP contribution in [0.4, 0.5) is 5.95 Å². The Balaban J connectivity index is 1.16. The van der Waals surface area contributed by atoms with E-state index >= 15 is 0 Å². The van der Waals surface area contributed by atoms with E-state index in [1.54, 1.807) is 0 Å². The molecule has 1 N–H and O–H groups in total. The van der Waals surface area contributed by atoms with Gasteiger partial charge in [-0.3, -0.25) is 14.8 Å². The second-order valence-corrected chi connectivity index (χ2v) is 7.89. The molecule has 0 aliphatic carbocycles. The van der Waals surface area contributed by atoms with Crippen LogP contribution >= 0.6 is 0 Å². The molecule has 3 aliphatic rings. The summed E-state index contributed by atoms with van der Waals surface area (Å²) >= 11 is 0. The lowest BCUT2D eigenvalue weighted by Gasteiger charge is -2.35. The monoisotopic (exact) mass is 402 g/mol. The van der Waals surface area contributed by atoms with E-state index in [1.165, 1.54) is 6.42 Å². The van der Waals surface area contributed by atoms with Crippen LogP contribution in [0, 0.1) is 0 Å². The highest BCUT2D eigenvalue weighted by Gasteiger charge is 2.30. The SMILES string of the molecule is CN=C(NCCN1CCN(c2ncccn2)CC1)N1CCC(N2CCOCC2)C1. The van der Waals surface area contributed by atoms with Crippen LogP contribution < -0.4 is 10.2 Å². The maximum absolute atomic E-state index is 5.49. The maximum Gasteiger partial charge on any atom is 0.225 e. The third kappa shape index (κ3) is 5.34. The predicted molar refractivity (Wildman–Crippen MR) is 114 cm³/mol. The summed E-state index contributed by atoms with van der Waals surface area (Å²) in [5.41, 5.74) is 0. The van der Waals surface area contributed by atoms with Gasteiger partial charge in [-0.15, -0.1) is 0 Å². The number of nitrogens with one attached hydrogen (secondary N) is 1. The van der Waals surface area contributed by atoms with Crippen LogP contribution in [0.2, 0.25) is 0 Å². The first-order valence-corrected chi connectivity index (χ1v) is 10.8. The zero-order valence-electron chi connectivity index (χ0n) is 17.5. The number of aliphatic imine (C=N–C) groups is 1. The summed E-state index contributed by atoms with van der Waals surface area (Å²) in [6.07, 6.45) is 4.84. The first kappa shape index (κ1) is 20.3. The number of hydrogen-bond acceptors (Lipinski definition) is 7. The van der Waals surface area contributed by atoms with E-state index in [1.807, 2.05) is 25.5 Å². The third-order valence-electron chi connectivity index (χ3n) is 6.16. The quantitative estimate of drug-likeness (QED) is 0.526. The fraction of sp³-hybridized carbons (Fsp3) is 0.750. The molecule has 4 rings (SSSR count). The fourth-order valence-electron chi connectivity index (χ4n) is 4.46. The molecule has 1 atom stereocenters. The second kappa shape index (κ2) is 10.2. The molecule has 29 heavy (non-hydrogen) atoms. The molecule has 0 saturated carbocycles. The molecule has 0 bridgehead atoms. The van der Waals surface area contributed by atoms with Gasteiger partial charge in [0.15, 0.2) is 5.96 Å². The van der Waals surface area contributed by atoms with E-state index in [0.29, 0.717) is 6.04 Å². The van der Waals surface area contributed by atoms with Crippen molar-refractivity contribution in [1.82, 2.24) is 30.0 Å². The second-order valence-electron chi connectivity index (χ2n) is 7.89. The molecule has 0 amide bonds. The topological polar surface area (TPSA) is 72.4 Å². The van der Waals surface area contributed by atoms with Crippen molar-refractivity contribution < 1.29 is 4.74 Å². The number of morpholine rings is 1. The molecule has 4 heterocycles. The van der Waals surface area contributed by atoms with Crippen LogP contribution in [0.3, 0.4) is 0 Å². The molecule has 3 aliphatic heterocycles. The minimum atomic E-state index is 0.630. The Labute approximate surface area is 173 Å². The van der Waals surface area contributed by atoms with E-state index in [0.717, 1.165) is 90.6 Å². The van der Waals surface area contributed by atoms with Crippen molar-refractivity contribution in [2.75, 3.05) is 90.6 Å². The van der Waals surface area contributed by atoms with Crippen LogP contribution in [0.25, 0.3) is 0 Å². The van der Waals surface area contributed by atoms with Gasteiger partial charge in [-0.05, 0) is 12.5 Å². The number of rotatable bonds is 5. The summed E-state index contributed by atoms with van der Waals surface area (Å²) in [6.45, 7) is 12.0. The zero-order chi connectivity index (χ0) is 19.9. The number of hydrogen-bond donors (Lipinski definition) is 1. The number of nitrogens with zero attached hydrogens (tertiary/aromatic N) is 7. The Morgan fingerprint density at radius 1 is 1.10 bits per heavy atom. The zero-order valence-corrected chi connectivity index (χ0v) is 17.5. The molecule has 0 aromatic carbocycles. The number of likely N-dealkylation sites (tertiary alicyclic amines) is 1. The molecular weight excluding hydrogens is 368 g/mol. The van der Waals surface area contributed by atoms with Gasteiger partial charge < -0.3 is 19.9 Å². The summed E-state index contributed by atoms with van der Waals surface area (Å²) in [7, 11) is 1.89. The van der Waals surface area contributed by atoms with Crippen molar-refractivity contribution in [2.45, 2.75) is 12.5 Å². The molecule has 3 saturated heterocycles. The summed E-state index contributed by atoms with van der Waals surface area (Å²) in [5.74, 6) is 1.88. The van der Waals surface area contributed by atoms with Gasteiger partial charge in [0.25, 0.3) is 0 Å². The highest BCUT2D eigenvalue weighted by atomic mass is 16.5. The van der Waals surface area contributed by atoms with E-state index < -0.39 is 0 Å². The Bertz CT molecular complexity index is 643. The Hall–Kier alpha value is -1.97. The first-order valence-electron chi connectivity index (χ1n) is 10.8. The number of piperazine rings is 1. The molecule has 160 valence electrons. The molecular formula is C20H34N8O. The van der Waals surface area contributed by atoms with Gasteiger partial charge in [0, 0.05) is 90.9 Å². The Morgan fingerprint density at radius 3 is 2.59 bits per heavy atom. The number of guanidine groups is 1. The smallest absolute Gasteiger partial charge is 0.225 e. The predicted octanol–water partition coefficient (Wildman–Crippen LogP) is -0.419. The summed E-state index contributed by atoms with van der Waals surface area (Å²) in [4.78, 5) is 23.0. The van der Waals surface area contributed by atoms with Gasteiger partial charge in [-0.1, -0.05) is 0 Å². The van der Waals surface area contributed by atoms with Gasteiger partial charge in [0.05, 0.1) is 13.2 Å². The van der Waals surface area contributed by atoms with E-state index in [9.17, 15) is 0 Å². The molecule has 0 radical (unpaired) electrons. The van der Waals surface area contributed by atoms with Crippen LogP contribution in [-0.4, -0.2) is 122 Å². The van der Waals surface area contributed by atoms with E-state index in [2.05, 4.69) is 39.9 Å². The van der Waals surface area contributed by atoms with Crippen molar-refractivity contribution in [3.63, 3.8) is 0 Å². The molecule has 1 unspecified atom stereocenters. The van der Waals surface area contributed by atoms with Crippen molar-refractivity contribution in [3.8, 4) is 0 Å². The minimum Gasteiger partial charge on any atom is -0.379 e. The molecule has 9 heteroatoms. The van der Waals surface area contributed by atoms with Gasteiger partial charge >= 0.3 is 0 Å². The average molecular weight is 403 g/mol. The van der Waals surface area contributed by atoms with Crippen molar-refractivity contribution in [1.29, 1.82) is 0 Å². The van der Waals surface area contributed by atoms with Crippen molar-refractivity contribution >= 4 is 11.9 Å². The highest BCUT2D eigenvalue weighted by Crippen LogP contribution is 2.17. The lowest BCUT2D eigenvalue weighted by Crippen LogP contribution is -2.50. The number of ether oxygens (including phenoxy) is 1. The molecule has 1 aromatic heterocycles. The number of aromatic nitrogens is 2. The molecule has 1 aromatic rings. The standard InChI is InChI=1S/C20H34N8O/c1-21-19(28-7-3-18(17-28)26-13-15-29-16-14-26)24-6-8-25-9-11-27(12-10-25)20-22-4-2-5-23-20/h2,4-5,18H,3,6-17H2,1H3,(H,21,24). The minimum absolute atomic E-state index is 0.630. The Kier molecular flexibility index (Phi) is 7.13. The largest absolute Gasteiger partial charge is 0.379 e. The summed E-state index contributed by atoms with van der Waals surface area (Å²) in [5, 5.41) is 3.58. The molecule has 3 fully saturated rings. The normalized spacial score (nSPS) is 24.9. The lowest BCUT2D eigenvalue weighted by atomic mass is 10.2. The van der Waals surface area contributed by atoms with E-state index in [-0.39, 0.29) is 0 Å². The van der Waals surface area contributed by atoms with Crippen LogP contribution in [0.5, 0.6) is 0 Å². The van der Waals surface area contributed by atoms with Gasteiger partial charge in [-0.2, -0.15) is 0 Å². The maximum atomic E-state index is 5.49. The third-order valence-corrected chi connectivity index (χ3v) is 6.16. The van der Waals surface area contributed by atoms with Gasteiger partial charge in [-0.25, -0.2) is 9.97 Å². The van der Waals surface area contributed by atoms with Crippen molar-refractivity contribution in [3.05, 3.63) is 18.5 Å². The van der Waals surface area contributed by atoms with Crippen LogP contribution in [0.15, 0.2) is 23.5 Å². The first-order chi connectivity index (χ1) is 14.3. The summed E-state index contributed by atoms with van der Waals surface area (Å²) in [6, 6.07) is 2.49. The fourth-order valence-corrected chi connectivity index (χ4v) is 4.46. The highest BCUT2D eigenvalue weighted by molar-refractivity contribution is 5.80.